The van der Waals surface area contributed by atoms with Crippen LogP contribution >= 0.6 is 0 Å². The summed E-state index contributed by atoms with van der Waals surface area (Å²) in [7, 11) is 0. The SMILES string of the molecule is CCC(C)NC(=O)c1cccc(CN2CCNCC2)c1. The summed E-state index contributed by atoms with van der Waals surface area (Å²) in [5.74, 6) is 0.0292. The minimum Gasteiger partial charge on any atom is -0.350 e. The van der Waals surface area contributed by atoms with Gasteiger partial charge in [0.2, 0.25) is 0 Å². The minimum atomic E-state index is 0.0292. The number of carbonyl (C=O) groups is 1. The first-order valence-electron chi connectivity index (χ1n) is 7.52. The van der Waals surface area contributed by atoms with Crippen LogP contribution in [0, 0.1) is 0 Å². The fraction of sp³-hybridized carbons (Fsp3) is 0.562. The van der Waals surface area contributed by atoms with E-state index < -0.39 is 0 Å². The maximum atomic E-state index is 12.1. The smallest absolute Gasteiger partial charge is 0.251 e. The van der Waals surface area contributed by atoms with E-state index in [4.69, 9.17) is 0 Å². The van der Waals surface area contributed by atoms with Crippen molar-refractivity contribution in [1.29, 1.82) is 0 Å². The molecule has 4 nitrogen and oxygen atoms in total. The van der Waals surface area contributed by atoms with Gasteiger partial charge >= 0.3 is 0 Å². The summed E-state index contributed by atoms with van der Waals surface area (Å²) in [6.07, 6.45) is 0.951. The molecule has 0 spiro atoms. The molecule has 1 fully saturated rings. The molecule has 1 aliphatic rings. The van der Waals surface area contributed by atoms with Crippen molar-refractivity contribution in [2.45, 2.75) is 32.9 Å². The molecule has 1 atom stereocenters. The Labute approximate surface area is 121 Å². The predicted octanol–water partition coefficient (Wildman–Crippen LogP) is 1.62. The Hall–Kier alpha value is -1.39. The van der Waals surface area contributed by atoms with E-state index >= 15 is 0 Å². The van der Waals surface area contributed by atoms with E-state index in [-0.39, 0.29) is 11.9 Å². The van der Waals surface area contributed by atoms with Crippen LogP contribution in [0.3, 0.4) is 0 Å². The molecule has 1 aromatic rings. The fourth-order valence-electron chi connectivity index (χ4n) is 2.35. The molecule has 0 radical (unpaired) electrons. The van der Waals surface area contributed by atoms with Gasteiger partial charge in [-0.2, -0.15) is 0 Å². The summed E-state index contributed by atoms with van der Waals surface area (Å²) >= 11 is 0. The lowest BCUT2D eigenvalue weighted by atomic mass is 10.1. The van der Waals surface area contributed by atoms with Crippen molar-refractivity contribution >= 4 is 5.91 Å². The molecule has 1 amide bonds. The van der Waals surface area contributed by atoms with Gasteiger partial charge in [-0.3, -0.25) is 9.69 Å². The Bertz CT molecular complexity index is 441. The van der Waals surface area contributed by atoms with E-state index in [2.05, 4.69) is 28.5 Å². The minimum absolute atomic E-state index is 0.0292. The van der Waals surface area contributed by atoms with Crippen molar-refractivity contribution in [2.75, 3.05) is 26.2 Å². The summed E-state index contributed by atoms with van der Waals surface area (Å²) in [5.41, 5.74) is 1.97. The lowest BCUT2D eigenvalue weighted by Gasteiger charge is -2.27. The molecule has 2 rings (SSSR count). The Morgan fingerprint density at radius 2 is 2.15 bits per heavy atom. The number of amides is 1. The Morgan fingerprint density at radius 3 is 2.85 bits per heavy atom. The summed E-state index contributed by atoms with van der Waals surface area (Å²) < 4.78 is 0. The first-order chi connectivity index (χ1) is 9.69. The molecule has 110 valence electrons. The molecule has 0 bridgehead atoms. The average Bonchev–Trinajstić information content (AvgIpc) is 2.48. The van der Waals surface area contributed by atoms with Crippen LogP contribution in [0.1, 0.15) is 36.2 Å². The maximum Gasteiger partial charge on any atom is 0.251 e. The largest absolute Gasteiger partial charge is 0.350 e. The molecular formula is C16H25N3O. The third kappa shape index (κ3) is 4.32. The van der Waals surface area contributed by atoms with Crippen molar-refractivity contribution < 1.29 is 4.79 Å². The van der Waals surface area contributed by atoms with Crippen molar-refractivity contribution in [3.8, 4) is 0 Å². The van der Waals surface area contributed by atoms with Gasteiger partial charge in [-0.1, -0.05) is 19.1 Å². The van der Waals surface area contributed by atoms with Crippen molar-refractivity contribution in [3.05, 3.63) is 35.4 Å². The lowest BCUT2D eigenvalue weighted by Crippen LogP contribution is -2.42. The van der Waals surface area contributed by atoms with Crippen molar-refractivity contribution in [3.63, 3.8) is 0 Å². The second-order valence-corrected chi connectivity index (χ2v) is 5.51. The maximum absolute atomic E-state index is 12.1. The van der Waals surface area contributed by atoms with E-state index in [9.17, 15) is 4.79 Å². The second-order valence-electron chi connectivity index (χ2n) is 5.51. The molecule has 1 aliphatic heterocycles. The summed E-state index contributed by atoms with van der Waals surface area (Å²) in [6.45, 7) is 9.27. The number of carbonyl (C=O) groups excluding carboxylic acids is 1. The number of hydrogen-bond acceptors (Lipinski definition) is 3. The zero-order valence-corrected chi connectivity index (χ0v) is 12.5. The van der Waals surface area contributed by atoms with Gasteiger partial charge in [0, 0.05) is 44.3 Å². The van der Waals surface area contributed by atoms with Gasteiger partial charge in [0.1, 0.15) is 0 Å². The highest BCUT2D eigenvalue weighted by atomic mass is 16.1. The standard InChI is InChI=1S/C16H25N3O/c1-3-13(2)18-16(20)15-6-4-5-14(11-15)12-19-9-7-17-8-10-19/h4-6,11,13,17H,3,7-10,12H2,1-2H3,(H,18,20). The summed E-state index contributed by atoms with van der Waals surface area (Å²) in [4.78, 5) is 14.5. The molecule has 0 aromatic heterocycles. The third-order valence-electron chi connectivity index (χ3n) is 3.79. The molecule has 1 saturated heterocycles. The number of nitrogens with zero attached hydrogens (tertiary/aromatic N) is 1. The predicted molar refractivity (Wildman–Crippen MR) is 81.8 cm³/mol. The quantitative estimate of drug-likeness (QED) is 0.858. The molecule has 1 unspecified atom stereocenters. The van der Waals surface area contributed by atoms with E-state index in [0.717, 1.165) is 44.7 Å². The van der Waals surface area contributed by atoms with Gasteiger partial charge in [-0.25, -0.2) is 0 Å². The summed E-state index contributed by atoms with van der Waals surface area (Å²) in [6, 6.07) is 8.20. The number of nitrogens with one attached hydrogen (secondary N) is 2. The van der Waals surface area contributed by atoms with Crippen molar-refractivity contribution in [1.82, 2.24) is 15.5 Å². The van der Waals surface area contributed by atoms with Gasteiger partial charge in [0.25, 0.3) is 5.91 Å². The molecule has 4 heteroatoms. The van der Waals surface area contributed by atoms with Gasteiger partial charge in [-0.15, -0.1) is 0 Å². The van der Waals surface area contributed by atoms with E-state index in [1.165, 1.54) is 5.56 Å². The highest BCUT2D eigenvalue weighted by Gasteiger charge is 2.12. The normalized spacial score (nSPS) is 17.7. The van der Waals surface area contributed by atoms with Gasteiger partial charge in [0.15, 0.2) is 0 Å². The molecular weight excluding hydrogens is 250 g/mol. The van der Waals surface area contributed by atoms with Crippen LogP contribution in [0.5, 0.6) is 0 Å². The van der Waals surface area contributed by atoms with Gasteiger partial charge in [0.05, 0.1) is 0 Å². The molecule has 0 aliphatic carbocycles. The zero-order chi connectivity index (χ0) is 14.4. The highest BCUT2D eigenvalue weighted by molar-refractivity contribution is 5.94. The average molecular weight is 275 g/mol. The van der Waals surface area contributed by atoms with E-state index in [0.29, 0.717) is 0 Å². The second kappa shape index (κ2) is 7.41. The lowest BCUT2D eigenvalue weighted by molar-refractivity contribution is 0.0939. The number of piperazine rings is 1. The van der Waals surface area contributed by atoms with Crippen molar-refractivity contribution in [2.24, 2.45) is 0 Å². The van der Waals surface area contributed by atoms with Gasteiger partial charge < -0.3 is 10.6 Å². The fourth-order valence-corrected chi connectivity index (χ4v) is 2.35. The molecule has 1 aromatic carbocycles. The zero-order valence-electron chi connectivity index (χ0n) is 12.5. The highest BCUT2D eigenvalue weighted by Crippen LogP contribution is 2.09. The number of rotatable bonds is 5. The monoisotopic (exact) mass is 275 g/mol. The topological polar surface area (TPSA) is 44.4 Å². The van der Waals surface area contributed by atoms with Crippen LogP contribution in [0.15, 0.2) is 24.3 Å². The molecule has 20 heavy (non-hydrogen) atoms. The Morgan fingerprint density at radius 1 is 1.40 bits per heavy atom. The molecule has 2 N–H and O–H groups in total. The first kappa shape index (κ1) is 15.0. The first-order valence-corrected chi connectivity index (χ1v) is 7.52. The van der Waals surface area contributed by atoms with Crippen LogP contribution in [0.2, 0.25) is 0 Å². The molecule has 0 saturated carbocycles. The van der Waals surface area contributed by atoms with Crippen LogP contribution < -0.4 is 10.6 Å². The van der Waals surface area contributed by atoms with Crippen LogP contribution in [-0.2, 0) is 6.54 Å². The number of hydrogen-bond donors (Lipinski definition) is 2. The van der Waals surface area contributed by atoms with Crippen LogP contribution in [0.25, 0.3) is 0 Å². The number of benzene rings is 1. The van der Waals surface area contributed by atoms with Crippen LogP contribution in [-0.4, -0.2) is 43.0 Å². The Kier molecular flexibility index (Phi) is 5.56. The molecule has 1 heterocycles. The van der Waals surface area contributed by atoms with E-state index in [1.54, 1.807) is 0 Å². The summed E-state index contributed by atoms with van der Waals surface area (Å²) in [5, 5.41) is 6.37. The van der Waals surface area contributed by atoms with E-state index in [1.807, 2.05) is 25.1 Å². The third-order valence-corrected chi connectivity index (χ3v) is 3.79. The Balaban J connectivity index is 1.97. The van der Waals surface area contributed by atoms with Gasteiger partial charge in [-0.05, 0) is 31.0 Å². The van der Waals surface area contributed by atoms with Crippen LogP contribution in [0.4, 0.5) is 0 Å².